The van der Waals surface area contributed by atoms with Gasteiger partial charge >= 0.3 is 0 Å². The Balaban J connectivity index is 1.51. The molecule has 1 saturated heterocycles. The maximum Gasteiger partial charge on any atom is 0.255 e. The van der Waals surface area contributed by atoms with Crippen molar-refractivity contribution in [1.82, 2.24) is 15.1 Å². The van der Waals surface area contributed by atoms with E-state index >= 15 is 0 Å². The number of hydrogen-bond acceptors (Lipinski definition) is 4. The maximum atomic E-state index is 13.0. The number of H-pyrrole nitrogens is 1. The minimum absolute atomic E-state index is 0.0244. The number of carbonyl (C=O) groups excluding carboxylic acids is 1. The third-order valence-electron chi connectivity index (χ3n) is 5.24. The zero-order valence-corrected chi connectivity index (χ0v) is 14.6. The smallest absolute Gasteiger partial charge is 0.255 e. The van der Waals surface area contributed by atoms with E-state index in [4.69, 9.17) is 0 Å². The molecule has 24 heavy (non-hydrogen) atoms. The summed E-state index contributed by atoms with van der Waals surface area (Å²) in [7, 11) is 0. The molecule has 0 unspecified atom stereocenters. The van der Waals surface area contributed by atoms with Crippen molar-refractivity contribution in [3.63, 3.8) is 0 Å². The minimum Gasteiger partial charge on any atom is -0.390 e. The summed E-state index contributed by atoms with van der Waals surface area (Å²) in [5.74, 6) is 0.450. The molecule has 1 amide bonds. The highest BCUT2D eigenvalue weighted by Crippen LogP contribution is 2.33. The fourth-order valence-corrected chi connectivity index (χ4v) is 5.04. The third kappa shape index (κ3) is 2.89. The first-order chi connectivity index (χ1) is 11.8. The summed E-state index contributed by atoms with van der Waals surface area (Å²) in [6, 6.07) is 1.92. The Morgan fingerprint density at radius 3 is 3.08 bits per heavy atom. The third-order valence-corrected chi connectivity index (χ3v) is 6.33. The lowest BCUT2D eigenvalue weighted by atomic mass is 9.92. The zero-order chi connectivity index (χ0) is 16.5. The first-order valence-electron chi connectivity index (χ1n) is 8.80. The van der Waals surface area contributed by atoms with Crippen LogP contribution < -0.4 is 0 Å². The van der Waals surface area contributed by atoms with E-state index in [1.807, 2.05) is 11.0 Å². The molecule has 2 aromatic rings. The van der Waals surface area contributed by atoms with Gasteiger partial charge in [-0.15, -0.1) is 11.3 Å². The van der Waals surface area contributed by atoms with Crippen molar-refractivity contribution >= 4 is 17.2 Å². The number of nitrogens with zero attached hydrogens (tertiary/aromatic N) is 2. The molecular formula is C18H23N3O2S. The predicted octanol–water partition coefficient (Wildman–Crippen LogP) is 2.86. The van der Waals surface area contributed by atoms with Crippen molar-refractivity contribution < 1.29 is 9.90 Å². The van der Waals surface area contributed by atoms with Gasteiger partial charge in [0.15, 0.2) is 0 Å². The molecule has 5 nitrogen and oxygen atoms in total. The number of hydrogen-bond donors (Lipinski definition) is 2. The second-order valence-corrected chi connectivity index (χ2v) is 7.79. The molecule has 4 rings (SSSR count). The van der Waals surface area contributed by atoms with Gasteiger partial charge in [0.1, 0.15) is 0 Å². The molecule has 0 aromatic carbocycles. The molecule has 1 aliphatic heterocycles. The van der Waals surface area contributed by atoms with Gasteiger partial charge in [-0.1, -0.05) is 0 Å². The molecule has 2 aromatic heterocycles. The second-order valence-electron chi connectivity index (χ2n) is 6.82. The van der Waals surface area contributed by atoms with Crippen LogP contribution >= 0.6 is 11.3 Å². The molecule has 1 aliphatic carbocycles. The van der Waals surface area contributed by atoms with Crippen molar-refractivity contribution in [2.45, 2.75) is 51.0 Å². The highest BCUT2D eigenvalue weighted by Gasteiger charge is 2.29. The Bertz CT molecular complexity index is 736. The largest absolute Gasteiger partial charge is 0.390 e. The van der Waals surface area contributed by atoms with E-state index in [9.17, 15) is 9.90 Å². The number of amides is 1. The predicted molar refractivity (Wildman–Crippen MR) is 93.4 cm³/mol. The quantitative estimate of drug-likeness (QED) is 0.899. The monoisotopic (exact) mass is 345 g/mol. The minimum atomic E-state index is -0.0244. The number of piperidine rings is 1. The molecule has 3 heterocycles. The molecule has 0 spiro atoms. The number of thiophene rings is 1. The molecular weight excluding hydrogens is 322 g/mol. The van der Waals surface area contributed by atoms with Gasteiger partial charge in [0.25, 0.3) is 5.91 Å². The maximum absolute atomic E-state index is 13.0. The molecule has 2 aliphatic rings. The SMILES string of the molecule is O=C(c1csc2c1CCCC2)N1CCC[C@@H](c2cc(CO)[nH]n2)C1. The summed E-state index contributed by atoms with van der Waals surface area (Å²) >= 11 is 1.76. The number of fused-ring (bicyclic) bond motifs is 1. The van der Waals surface area contributed by atoms with Gasteiger partial charge in [0.2, 0.25) is 0 Å². The Labute approximate surface area is 145 Å². The van der Waals surface area contributed by atoms with Crippen LogP contribution in [0.4, 0.5) is 0 Å². The second kappa shape index (κ2) is 6.69. The Hall–Kier alpha value is -1.66. The zero-order valence-electron chi connectivity index (χ0n) is 13.8. The number of likely N-dealkylation sites (tertiary alicyclic amines) is 1. The van der Waals surface area contributed by atoms with Gasteiger partial charge in [-0.2, -0.15) is 5.10 Å². The van der Waals surface area contributed by atoms with Crippen LogP contribution in [0.15, 0.2) is 11.4 Å². The average molecular weight is 345 g/mol. The van der Waals surface area contributed by atoms with E-state index < -0.39 is 0 Å². The summed E-state index contributed by atoms with van der Waals surface area (Å²) in [5, 5.41) is 18.4. The first kappa shape index (κ1) is 15.8. The van der Waals surface area contributed by atoms with Crippen LogP contribution in [0.5, 0.6) is 0 Å². The molecule has 1 fully saturated rings. The Morgan fingerprint density at radius 2 is 2.25 bits per heavy atom. The van der Waals surface area contributed by atoms with Gasteiger partial charge in [0.05, 0.1) is 23.6 Å². The van der Waals surface area contributed by atoms with Crippen molar-refractivity contribution in [2.24, 2.45) is 0 Å². The van der Waals surface area contributed by atoms with E-state index in [-0.39, 0.29) is 18.4 Å². The first-order valence-corrected chi connectivity index (χ1v) is 9.67. The van der Waals surface area contributed by atoms with E-state index in [0.717, 1.165) is 55.7 Å². The Morgan fingerprint density at radius 1 is 1.38 bits per heavy atom. The molecule has 0 radical (unpaired) electrons. The molecule has 128 valence electrons. The molecule has 1 atom stereocenters. The van der Waals surface area contributed by atoms with Crippen molar-refractivity contribution in [3.05, 3.63) is 38.8 Å². The number of aromatic amines is 1. The summed E-state index contributed by atoms with van der Waals surface area (Å²) < 4.78 is 0. The van der Waals surface area contributed by atoms with E-state index in [1.54, 1.807) is 11.3 Å². The van der Waals surface area contributed by atoms with Gasteiger partial charge in [-0.25, -0.2) is 0 Å². The van der Waals surface area contributed by atoms with Crippen LogP contribution in [0.25, 0.3) is 0 Å². The molecule has 6 heteroatoms. The number of aromatic nitrogens is 2. The summed E-state index contributed by atoms with van der Waals surface area (Å²) in [4.78, 5) is 16.4. The Kier molecular flexibility index (Phi) is 4.41. The van der Waals surface area contributed by atoms with Gasteiger partial charge in [-0.05, 0) is 50.2 Å². The molecule has 0 saturated carbocycles. The standard InChI is InChI=1S/C18H23N3O2S/c22-10-13-8-16(20-19-13)12-4-3-7-21(9-12)18(23)15-11-24-17-6-2-1-5-14(15)17/h8,11-12,22H,1-7,9-10H2,(H,19,20)/t12-/m1/s1. The number of rotatable bonds is 3. The van der Waals surface area contributed by atoms with Crippen LogP contribution in [0, 0.1) is 0 Å². The lowest BCUT2D eigenvalue weighted by Crippen LogP contribution is -2.39. The summed E-state index contributed by atoms with van der Waals surface area (Å²) in [5.41, 5.74) is 3.94. The lowest BCUT2D eigenvalue weighted by molar-refractivity contribution is 0.0705. The van der Waals surface area contributed by atoms with Gasteiger partial charge in [-0.3, -0.25) is 9.89 Å². The van der Waals surface area contributed by atoms with E-state index in [2.05, 4.69) is 15.6 Å². The highest BCUT2D eigenvalue weighted by molar-refractivity contribution is 7.10. The summed E-state index contributed by atoms with van der Waals surface area (Å²) in [6.07, 6.45) is 6.68. The normalized spacial score (nSPS) is 20.9. The number of aryl methyl sites for hydroxylation is 1. The number of aliphatic hydroxyl groups is 1. The molecule has 0 bridgehead atoms. The summed E-state index contributed by atoms with van der Waals surface area (Å²) in [6.45, 7) is 1.53. The van der Waals surface area contributed by atoms with Crippen molar-refractivity contribution in [1.29, 1.82) is 0 Å². The van der Waals surface area contributed by atoms with Gasteiger partial charge in [0, 0.05) is 29.3 Å². The van der Waals surface area contributed by atoms with Crippen LogP contribution in [0.2, 0.25) is 0 Å². The fourth-order valence-electron chi connectivity index (χ4n) is 3.92. The van der Waals surface area contributed by atoms with Crippen LogP contribution in [0.1, 0.15) is 63.8 Å². The average Bonchev–Trinajstić information content (AvgIpc) is 3.28. The number of nitrogens with one attached hydrogen (secondary N) is 1. The number of carbonyl (C=O) groups is 1. The fraction of sp³-hybridized carbons (Fsp3) is 0.556. The van der Waals surface area contributed by atoms with Crippen LogP contribution in [-0.2, 0) is 19.4 Å². The highest BCUT2D eigenvalue weighted by atomic mass is 32.1. The van der Waals surface area contributed by atoms with E-state index in [0.29, 0.717) is 0 Å². The van der Waals surface area contributed by atoms with Gasteiger partial charge < -0.3 is 10.0 Å². The lowest BCUT2D eigenvalue weighted by Gasteiger charge is -2.32. The van der Waals surface area contributed by atoms with Crippen LogP contribution in [-0.4, -0.2) is 39.2 Å². The van der Waals surface area contributed by atoms with Crippen molar-refractivity contribution in [3.8, 4) is 0 Å². The molecule has 2 N–H and O–H groups in total. The number of aliphatic hydroxyl groups excluding tert-OH is 1. The van der Waals surface area contributed by atoms with Crippen LogP contribution in [0.3, 0.4) is 0 Å². The van der Waals surface area contributed by atoms with Crippen molar-refractivity contribution in [2.75, 3.05) is 13.1 Å². The topological polar surface area (TPSA) is 69.2 Å². The van der Waals surface area contributed by atoms with E-state index in [1.165, 1.54) is 23.3 Å².